The molecule has 144 valence electrons. The lowest BCUT2D eigenvalue weighted by Crippen LogP contribution is -2.51. The van der Waals surface area contributed by atoms with Crippen LogP contribution in [0.15, 0.2) is 54.9 Å². The number of hydrogen-bond acceptors (Lipinski definition) is 2. The van der Waals surface area contributed by atoms with Crippen molar-refractivity contribution in [3.8, 4) is 0 Å². The van der Waals surface area contributed by atoms with Gasteiger partial charge in [-0.3, -0.25) is 4.79 Å². The molecule has 0 radical (unpaired) electrons. The molecule has 4 nitrogen and oxygen atoms in total. The maximum absolute atomic E-state index is 12.8. The summed E-state index contributed by atoms with van der Waals surface area (Å²) in [5, 5.41) is 3.27. The fraction of sp³-hybridized carbons (Fsp3) is 0.522. The summed E-state index contributed by atoms with van der Waals surface area (Å²) in [6.07, 6.45) is 11.1. The van der Waals surface area contributed by atoms with Gasteiger partial charge in [0.25, 0.3) is 0 Å². The number of aromatic nitrogens is 1. The van der Waals surface area contributed by atoms with Crippen LogP contribution in [-0.4, -0.2) is 41.1 Å². The number of hydrogen-bond donors (Lipinski definition) is 1. The summed E-state index contributed by atoms with van der Waals surface area (Å²) in [4.78, 5) is 15.4. The van der Waals surface area contributed by atoms with E-state index in [-0.39, 0.29) is 11.9 Å². The summed E-state index contributed by atoms with van der Waals surface area (Å²) in [6, 6.07) is 15.1. The Bertz CT molecular complexity index is 710. The predicted octanol–water partition coefficient (Wildman–Crippen LogP) is 3.85. The SMILES string of the molecule is O=C(C[C@@H](c1ccccc1)n1cccc1)NC[C@@H]1CCCN2CCCC[C@H]12. The first-order valence-corrected chi connectivity index (χ1v) is 10.5. The second-order valence-corrected chi connectivity index (χ2v) is 8.07. The minimum absolute atomic E-state index is 0.0544. The molecule has 1 aromatic heterocycles. The highest BCUT2D eigenvalue weighted by Gasteiger charge is 2.33. The van der Waals surface area contributed by atoms with E-state index in [2.05, 4.69) is 26.9 Å². The van der Waals surface area contributed by atoms with Crippen molar-refractivity contribution < 1.29 is 4.79 Å². The van der Waals surface area contributed by atoms with Gasteiger partial charge in [-0.25, -0.2) is 0 Å². The second-order valence-electron chi connectivity index (χ2n) is 8.07. The van der Waals surface area contributed by atoms with E-state index in [1.165, 1.54) is 50.8 Å². The summed E-state index contributed by atoms with van der Waals surface area (Å²) in [6.45, 7) is 3.32. The number of nitrogens with one attached hydrogen (secondary N) is 1. The first kappa shape index (κ1) is 18.3. The number of nitrogens with zero attached hydrogens (tertiary/aromatic N) is 2. The van der Waals surface area contributed by atoms with Gasteiger partial charge in [-0.15, -0.1) is 0 Å². The topological polar surface area (TPSA) is 37.3 Å². The van der Waals surface area contributed by atoms with Crippen molar-refractivity contribution in [2.75, 3.05) is 19.6 Å². The van der Waals surface area contributed by atoms with Crippen LogP contribution in [0, 0.1) is 5.92 Å². The molecule has 0 aliphatic carbocycles. The number of carbonyl (C=O) groups excluding carboxylic acids is 1. The first-order chi connectivity index (χ1) is 13.3. The molecule has 1 N–H and O–H groups in total. The van der Waals surface area contributed by atoms with E-state index >= 15 is 0 Å². The van der Waals surface area contributed by atoms with Gasteiger partial charge in [-0.2, -0.15) is 0 Å². The average Bonchev–Trinajstić information content (AvgIpc) is 3.25. The van der Waals surface area contributed by atoms with Crippen LogP contribution in [-0.2, 0) is 4.79 Å². The van der Waals surface area contributed by atoms with Crippen LogP contribution >= 0.6 is 0 Å². The van der Waals surface area contributed by atoms with Crippen LogP contribution in [0.1, 0.15) is 50.1 Å². The van der Waals surface area contributed by atoms with Crippen molar-refractivity contribution in [3.63, 3.8) is 0 Å². The molecule has 4 heteroatoms. The Morgan fingerprint density at radius 3 is 2.59 bits per heavy atom. The quantitative estimate of drug-likeness (QED) is 0.844. The van der Waals surface area contributed by atoms with E-state index < -0.39 is 0 Å². The van der Waals surface area contributed by atoms with Crippen molar-refractivity contribution in [1.82, 2.24) is 14.8 Å². The Morgan fingerprint density at radius 1 is 1.00 bits per heavy atom. The van der Waals surface area contributed by atoms with Gasteiger partial charge in [-0.05, 0) is 62.4 Å². The number of carbonyl (C=O) groups is 1. The van der Waals surface area contributed by atoms with Gasteiger partial charge in [0.15, 0.2) is 0 Å². The third-order valence-electron chi connectivity index (χ3n) is 6.34. The molecule has 0 spiro atoms. The Kier molecular flexibility index (Phi) is 5.93. The van der Waals surface area contributed by atoms with Crippen LogP contribution in [0.5, 0.6) is 0 Å². The van der Waals surface area contributed by atoms with E-state index in [4.69, 9.17) is 0 Å². The highest BCUT2D eigenvalue weighted by atomic mass is 16.1. The zero-order valence-corrected chi connectivity index (χ0v) is 16.1. The van der Waals surface area contributed by atoms with Gasteiger partial charge in [0.1, 0.15) is 0 Å². The standard InChI is InChI=1S/C23H31N3O/c27-23(24-18-20-11-8-16-25-13-5-4-12-21(20)25)17-22(26-14-6-7-15-26)19-9-2-1-3-10-19/h1-3,6-7,9-10,14-15,20-22H,4-5,8,11-13,16-18H2,(H,24,27)/t20-,21+,22-/m0/s1. The van der Waals surface area contributed by atoms with Crippen LogP contribution in [0.4, 0.5) is 0 Å². The first-order valence-electron chi connectivity index (χ1n) is 10.5. The lowest BCUT2D eigenvalue weighted by atomic mass is 9.83. The number of piperidine rings is 2. The van der Waals surface area contributed by atoms with Crippen molar-refractivity contribution in [1.29, 1.82) is 0 Å². The van der Waals surface area contributed by atoms with Crippen molar-refractivity contribution >= 4 is 5.91 Å². The Labute approximate surface area is 162 Å². The van der Waals surface area contributed by atoms with Crippen molar-refractivity contribution in [2.45, 2.75) is 50.6 Å². The molecular formula is C23H31N3O. The van der Waals surface area contributed by atoms with E-state index in [0.717, 1.165) is 6.54 Å². The van der Waals surface area contributed by atoms with Gasteiger partial charge in [-0.1, -0.05) is 36.8 Å². The predicted molar refractivity (Wildman–Crippen MR) is 109 cm³/mol. The second kappa shape index (κ2) is 8.75. The Morgan fingerprint density at radius 2 is 1.78 bits per heavy atom. The zero-order chi connectivity index (χ0) is 18.5. The van der Waals surface area contributed by atoms with Crippen LogP contribution < -0.4 is 5.32 Å². The highest BCUT2D eigenvalue weighted by Crippen LogP contribution is 2.30. The van der Waals surface area contributed by atoms with E-state index in [0.29, 0.717) is 18.4 Å². The van der Waals surface area contributed by atoms with Gasteiger partial charge in [0.2, 0.25) is 5.91 Å². The van der Waals surface area contributed by atoms with Crippen LogP contribution in [0.2, 0.25) is 0 Å². The summed E-state index contributed by atoms with van der Waals surface area (Å²) >= 11 is 0. The highest BCUT2D eigenvalue weighted by molar-refractivity contribution is 5.76. The fourth-order valence-corrected chi connectivity index (χ4v) is 4.93. The number of benzene rings is 1. The number of rotatable bonds is 6. The Balaban J connectivity index is 1.37. The third-order valence-corrected chi connectivity index (χ3v) is 6.34. The van der Waals surface area contributed by atoms with Gasteiger partial charge < -0.3 is 14.8 Å². The molecule has 0 saturated carbocycles. The molecular weight excluding hydrogens is 334 g/mol. The van der Waals surface area contributed by atoms with Crippen LogP contribution in [0.25, 0.3) is 0 Å². The molecule has 3 heterocycles. The smallest absolute Gasteiger partial charge is 0.222 e. The number of fused-ring (bicyclic) bond motifs is 1. The van der Waals surface area contributed by atoms with E-state index in [1.807, 2.05) is 42.7 Å². The molecule has 27 heavy (non-hydrogen) atoms. The molecule has 3 atom stereocenters. The summed E-state index contributed by atoms with van der Waals surface area (Å²) in [5.74, 6) is 0.773. The maximum atomic E-state index is 12.8. The molecule has 0 bridgehead atoms. The van der Waals surface area contributed by atoms with Crippen LogP contribution in [0.3, 0.4) is 0 Å². The monoisotopic (exact) mass is 365 g/mol. The van der Waals surface area contributed by atoms with E-state index in [1.54, 1.807) is 0 Å². The van der Waals surface area contributed by atoms with Crippen molar-refractivity contribution in [2.24, 2.45) is 5.92 Å². The fourth-order valence-electron chi connectivity index (χ4n) is 4.93. The normalized spacial score (nSPS) is 24.1. The van der Waals surface area contributed by atoms with Gasteiger partial charge in [0, 0.05) is 25.0 Å². The molecule has 1 aromatic carbocycles. The van der Waals surface area contributed by atoms with Gasteiger partial charge in [0.05, 0.1) is 12.5 Å². The lowest BCUT2D eigenvalue weighted by Gasteiger charge is -2.44. The molecule has 4 rings (SSSR count). The van der Waals surface area contributed by atoms with Gasteiger partial charge >= 0.3 is 0 Å². The lowest BCUT2D eigenvalue weighted by molar-refractivity contribution is -0.122. The third kappa shape index (κ3) is 4.44. The average molecular weight is 366 g/mol. The minimum atomic E-state index is 0.0544. The minimum Gasteiger partial charge on any atom is -0.356 e. The summed E-state index contributed by atoms with van der Waals surface area (Å²) < 4.78 is 2.14. The summed E-state index contributed by atoms with van der Waals surface area (Å²) in [7, 11) is 0. The molecule has 2 fully saturated rings. The molecule has 2 aliphatic heterocycles. The zero-order valence-electron chi connectivity index (χ0n) is 16.1. The molecule has 1 amide bonds. The largest absolute Gasteiger partial charge is 0.356 e. The maximum Gasteiger partial charge on any atom is 0.222 e. The molecule has 2 aliphatic rings. The number of amides is 1. The summed E-state index contributed by atoms with van der Waals surface area (Å²) in [5.41, 5.74) is 1.18. The molecule has 0 unspecified atom stereocenters. The van der Waals surface area contributed by atoms with E-state index in [9.17, 15) is 4.79 Å². The molecule has 2 aromatic rings. The Hall–Kier alpha value is -2.07. The van der Waals surface area contributed by atoms with Crippen molar-refractivity contribution in [3.05, 3.63) is 60.4 Å². The molecule has 2 saturated heterocycles.